The number of benzene rings is 2. The maximum Gasteiger partial charge on any atom is 0.295 e. The van der Waals surface area contributed by atoms with Crippen molar-refractivity contribution in [3.05, 3.63) is 69.2 Å². The second-order valence-corrected chi connectivity index (χ2v) is 8.42. The van der Waals surface area contributed by atoms with Crippen LogP contribution in [0.25, 0.3) is 5.76 Å². The van der Waals surface area contributed by atoms with Crippen molar-refractivity contribution in [1.82, 2.24) is 9.80 Å². The van der Waals surface area contributed by atoms with E-state index in [-0.39, 0.29) is 11.3 Å². The molecule has 6 nitrogen and oxygen atoms in total. The first kappa shape index (κ1) is 22.8. The molecule has 1 aliphatic rings. The van der Waals surface area contributed by atoms with E-state index in [4.69, 9.17) is 16.3 Å². The zero-order valence-electron chi connectivity index (χ0n) is 18.4. The molecule has 1 heterocycles. The summed E-state index contributed by atoms with van der Waals surface area (Å²) in [7, 11) is 5.38. The fourth-order valence-corrected chi connectivity index (χ4v) is 3.95. The van der Waals surface area contributed by atoms with Crippen LogP contribution in [0.1, 0.15) is 28.3 Å². The minimum Gasteiger partial charge on any atom is -0.507 e. The summed E-state index contributed by atoms with van der Waals surface area (Å²) < 4.78 is 5.35. The number of amides is 1. The van der Waals surface area contributed by atoms with Crippen LogP contribution in [0.3, 0.4) is 0 Å². The standard InChI is InChI=1S/C24H27ClN2O4/c1-14-13-19(31-5)15(2)12-18(14)22(28)20-21(16-6-8-17(25)9-7-16)27(11-10-26(3)4)24(30)23(20)29/h6-9,12-13,21,28H,10-11H2,1-5H3/b22-20+. The van der Waals surface area contributed by atoms with E-state index in [1.165, 1.54) is 4.90 Å². The highest BCUT2D eigenvalue weighted by atomic mass is 35.5. The van der Waals surface area contributed by atoms with E-state index in [0.29, 0.717) is 35.0 Å². The molecular weight excluding hydrogens is 416 g/mol. The number of aryl methyl sites for hydroxylation is 2. The van der Waals surface area contributed by atoms with E-state index in [2.05, 4.69) is 0 Å². The number of carbonyl (C=O) groups is 2. The molecule has 0 radical (unpaired) electrons. The predicted octanol–water partition coefficient (Wildman–Crippen LogP) is 3.95. The summed E-state index contributed by atoms with van der Waals surface area (Å²) >= 11 is 6.05. The number of hydrogen-bond acceptors (Lipinski definition) is 5. The van der Waals surface area contributed by atoms with Crippen LogP contribution >= 0.6 is 11.6 Å². The SMILES string of the molecule is COc1cc(C)c(/C(O)=C2\C(=O)C(=O)N(CCN(C)C)C2c2ccc(Cl)cc2)cc1C. The van der Waals surface area contributed by atoms with E-state index >= 15 is 0 Å². The summed E-state index contributed by atoms with van der Waals surface area (Å²) in [5, 5.41) is 11.8. The molecule has 1 unspecified atom stereocenters. The number of ketones is 1. The highest BCUT2D eigenvalue weighted by molar-refractivity contribution is 6.46. The van der Waals surface area contributed by atoms with Gasteiger partial charge in [0.2, 0.25) is 0 Å². The third kappa shape index (κ3) is 4.45. The van der Waals surface area contributed by atoms with Crippen LogP contribution in [0.4, 0.5) is 0 Å². The highest BCUT2D eigenvalue weighted by Crippen LogP contribution is 2.40. The van der Waals surface area contributed by atoms with Crippen LogP contribution in [-0.4, -0.2) is 60.9 Å². The molecule has 2 aromatic carbocycles. The Hall–Kier alpha value is -2.83. The summed E-state index contributed by atoms with van der Waals surface area (Å²) in [6, 6.07) is 9.87. The Bertz CT molecular complexity index is 1040. The summed E-state index contributed by atoms with van der Waals surface area (Å²) in [5.41, 5.74) is 2.86. The van der Waals surface area contributed by atoms with Crippen LogP contribution in [-0.2, 0) is 9.59 Å². The predicted molar refractivity (Wildman–Crippen MR) is 121 cm³/mol. The minimum atomic E-state index is -0.695. The van der Waals surface area contributed by atoms with Crippen molar-refractivity contribution in [2.24, 2.45) is 0 Å². The van der Waals surface area contributed by atoms with Gasteiger partial charge in [0.1, 0.15) is 11.5 Å². The Balaban J connectivity index is 2.19. The van der Waals surface area contributed by atoms with Crippen molar-refractivity contribution in [1.29, 1.82) is 0 Å². The molecule has 0 bridgehead atoms. The Labute approximate surface area is 187 Å². The maximum absolute atomic E-state index is 13.1. The Morgan fingerprint density at radius 2 is 1.77 bits per heavy atom. The van der Waals surface area contributed by atoms with Gasteiger partial charge in [-0.2, -0.15) is 0 Å². The third-order valence-electron chi connectivity index (χ3n) is 5.51. The lowest BCUT2D eigenvalue weighted by atomic mass is 9.93. The average Bonchev–Trinajstić information content (AvgIpc) is 2.98. The Morgan fingerprint density at radius 1 is 1.13 bits per heavy atom. The molecule has 2 aromatic rings. The van der Waals surface area contributed by atoms with Gasteiger partial charge in [-0.1, -0.05) is 23.7 Å². The van der Waals surface area contributed by atoms with Gasteiger partial charge in [0, 0.05) is 23.7 Å². The van der Waals surface area contributed by atoms with Gasteiger partial charge in [0.25, 0.3) is 11.7 Å². The van der Waals surface area contributed by atoms with E-state index in [0.717, 1.165) is 11.1 Å². The summed E-state index contributed by atoms with van der Waals surface area (Å²) in [5.74, 6) is -0.807. The summed E-state index contributed by atoms with van der Waals surface area (Å²) in [6.45, 7) is 4.62. The van der Waals surface area contributed by atoms with Gasteiger partial charge in [0.05, 0.1) is 18.7 Å². The molecule has 7 heteroatoms. The number of methoxy groups -OCH3 is 1. The molecule has 164 valence electrons. The number of rotatable bonds is 6. The number of nitrogens with zero attached hydrogens (tertiary/aromatic N) is 2. The Kier molecular flexibility index (Phi) is 6.72. The summed E-state index contributed by atoms with van der Waals surface area (Å²) in [4.78, 5) is 29.5. The fraction of sp³-hybridized carbons (Fsp3) is 0.333. The van der Waals surface area contributed by atoms with Gasteiger partial charge in [-0.3, -0.25) is 9.59 Å². The van der Waals surface area contributed by atoms with Crippen molar-refractivity contribution in [2.45, 2.75) is 19.9 Å². The first-order valence-electron chi connectivity index (χ1n) is 10.00. The molecule has 1 atom stereocenters. The molecule has 1 N–H and O–H groups in total. The zero-order valence-corrected chi connectivity index (χ0v) is 19.2. The molecule has 1 fully saturated rings. The number of aliphatic hydroxyl groups is 1. The fourth-order valence-electron chi connectivity index (χ4n) is 3.82. The lowest BCUT2D eigenvalue weighted by Gasteiger charge is -2.26. The number of likely N-dealkylation sites (N-methyl/N-ethyl adjacent to an activating group) is 1. The topological polar surface area (TPSA) is 70.1 Å². The van der Waals surface area contributed by atoms with Crippen LogP contribution in [0, 0.1) is 13.8 Å². The number of aliphatic hydroxyl groups excluding tert-OH is 1. The summed E-state index contributed by atoms with van der Waals surface area (Å²) in [6.07, 6.45) is 0. The van der Waals surface area contributed by atoms with Crippen LogP contribution in [0.2, 0.25) is 5.02 Å². The average molecular weight is 443 g/mol. The van der Waals surface area contributed by atoms with Crippen molar-refractivity contribution in [3.63, 3.8) is 0 Å². The van der Waals surface area contributed by atoms with E-state index in [1.807, 2.05) is 38.9 Å². The molecule has 31 heavy (non-hydrogen) atoms. The minimum absolute atomic E-state index is 0.0822. The van der Waals surface area contributed by atoms with Crippen LogP contribution < -0.4 is 4.74 Å². The van der Waals surface area contributed by atoms with E-state index in [9.17, 15) is 14.7 Å². The second-order valence-electron chi connectivity index (χ2n) is 7.98. The van der Waals surface area contributed by atoms with Crippen molar-refractivity contribution in [2.75, 3.05) is 34.3 Å². The molecule has 1 amide bonds. The lowest BCUT2D eigenvalue weighted by Crippen LogP contribution is -2.35. The molecular formula is C24H27ClN2O4. The molecule has 3 rings (SSSR count). The van der Waals surface area contributed by atoms with Crippen molar-refractivity contribution >= 4 is 29.1 Å². The highest BCUT2D eigenvalue weighted by Gasteiger charge is 2.46. The number of carbonyl (C=O) groups excluding carboxylic acids is 2. The van der Waals surface area contributed by atoms with Crippen molar-refractivity contribution < 1.29 is 19.4 Å². The van der Waals surface area contributed by atoms with Crippen LogP contribution in [0.15, 0.2) is 42.0 Å². The van der Waals surface area contributed by atoms with Gasteiger partial charge in [-0.25, -0.2) is 0 Å². The molecule has 0 spiro atoms. The number of ether oxygens (including phenoxy) is 1. The molecule has 0 aliphatic carbocycles. The van der Waals surface area contributed by atoms with Gasteiger partial charge < -0.3 is 19.6 Å². The van der Waals surface area contributed by atoms with E-state index < -0.39 is 17.7 Å². The zero-order chi connectivity index (χ0) is 22.9. The van der Waals surface area contributed by atoms with Gasteiger partial charge in [-0.15, -0.1) is 0 Å². The number of likely N-dealkylation sites (tertiary alicyclic amines) is 1. The molecule has 0 saturated carbocycles. The number of halogens is 1. The van der Waals surface area contributed by atoms with Gasteiger partial charge in [-0.05, 0) is 68.9 Å². The largest absolute Gasteiger partial charge is 0.507 e. The molecule has 1 aliphatic heterocycles. The van der Waals surface area contributed by atoms with Gasteiger partial charge >= 0.3 is 0 Å². The Morgan fingerprint density at radius 3 is 2.35 bits per heavy atom. The first-order chi connectivity index (χ1) is 14.6. The second kappa shape index (κ2) is 9.12. The lowest BCUT2D eigenvalue weighted by molar-refractivity contribution is -0.140. The quantitative estimate of drug-likeness (QED) is 0.416. The normalized spacial score (nSPS) is 18.2. The number of Topliss-reactive ketones (excluding diaryl/α,β-unsaturated/α-hetero) is 1. The first-order valence-corrected chi connectivity index (χ1v) is 10.4. The monoisotopic (exact) mass is 442 g/mol. The molecule has 1 saturated heterocycles. The third-order valence-corrected chi connectivity index (χ3v) is 5.76. The maximum atomic E-state index is 13.1. The van der Waals surface area contributed by atoms with E-state index in [1.54, 1.807) is 37.4 Å². The van der Waals surface area contributed by atoms with Crippen molar-refractivity contribution in [3.8, 4) is 5.75 Å². The van der Waals surface area contributed by atoms with Gasteiger partial charge in [0.15, 0.2) is 0 Å². The van der Waals surface area contributed by atoms with Crippen LogP contribution in [0.5, 0.6) is 5.75 Å². The number of hydrogen-bond donors (Lipinski definition) is 1. The molecule has 0 aromatic heterocycles. The smallest absolute Gasteiger partial charge is 0.295 e.